The van der Waals surface area contributed by atoms with E-state index in [4.69, 9.17) is 0 Å². The van der Waals surface area contributed by atoms with Crippen LogP contribution in [-0.4, -0.2) is 24.5 Å². The number of hydrogen-bond donors (Lipinski definition) is 2. The Hall–Kier alpha value is -1.84. The van der Waals surface area contributed by atoms with Crippen molar-refractivity contribution in [1.82, 2.24) is 14.9 Å². The smallest absolute Gasteiger partial charge is 0.270 e. The molecule has 0 saturated carbocycles. The highest BCUT2D eigenvalue weighted by molar-refractivity contribution is 7.91. The van der Waals surface area contributed by atoms with Gasteiger partial charge >= 0.3 is 0 Å². The summed E-state index contributed by atoms with van der Waals surface area (Å²) in [7, 11) is -3.82. The van der Waals surface area contributed by atoms with Crippen molar-refractivity contribution in [1.29, 1.82) is 0 Å². The minimum atomic E-state index is -3.82. The normalized spacial score (nSPS) is 13.0. The quantitative estimate of drug-likeness (QED) is 0.717. The van der Waals surface area contributed by atoms with Crippen molar-refractivity contribution in [3.05, 3.63) is 35.4 Å². The Morgan fingerprint density at radius 2 is 1.84 bits per heavy atom. The lowest BCUT2D eigenvalue weighted by molar-refractivity contribution is -0.118. The van der Waals surface area contributed by atoms with Gasteiger partial charge in [0.25, 0.3) is 10.0 Å². The topological polar surface area (TPSA) is 101 Å². The zero-order valence-electron chi connectivity index (χ0n) is 14.6. The second kappa shape index (κ2) is 8.03. The number of carbonyl (C=O) groups is 1. The lowest BCUT2D eigenvalue weighted by atomic mass is 10.0. The highest BCUT2D eigenvalue weighted by Gasteiger charge is 2.25. The first-order valence-corrected chi connectivity index (χ1v) is 10.3. The molecule has 2 rings (SSSR count). The Morgan fingerprint density at radius 1 is 1.20 bits per heavy atom. The Morgan fingerprint density at radius 3 is 2.40 bits per heavy atom. The minimum Gasteiger partial charge on any atom is -0.300 e. The van der Waals surface area contributed by atoms with Crippen LogP contribution in [0.3, 0.4) is 0 Å². The number of benzene rings is 1. The van der Waals surface area contributed by atoms with E-state index in [0.29, 0.717) is 6.42 Å². The molecule has 0 aliphatic rings. The Labute approximate surface area is 151 Å². The molecule has 0 saturated heterocycles. The molecular weight excluding hydrogens is 360 g/mol. The number of aryl methyl sites for hydroxylation is 1. The molecule has 0 bridgehead atoms. The molecule has 0 aliphatic heterocycles. The third-order valence-electron chi connectivity index (χ3n) is 3.58. The summed E-state index contributed by atoms with van der Waals surface area (Å²) in [5.41, 5.74) is 1.99. The molecule has 9 heteroatoms. The SMILES string of the molecule is CC[C@H](NS(=O)(=O)c1nnc(NC(=O)C(C)C)s1)c1ccc(C)cc1. The fourth-order valence-electron chi connectivity index (χ4n) is 2.04. The van der Waals surface area contributed by atoms with E-state index in [0.717, 1.165) is 22.5 Å². The molecule has 2 aromatic rings. The summed E-state index contributed by atoms with van der Waals surface area (Å²) in [4.78, 5) is 11.7. The molecule has 136 valence electrons. The van der Waals surface area contributed by atoms with Crippen molar-refractivity contribution in [3.8, 4) is 0 Å². The zero-order chi connectivity index (χ0) is 18.6. The van der Waals surface area contributed by atoms with E-state index in [9.17, 15) is 13.2 Å². The van der Waals surface area contributed by atoms with Crippen molar-refractivity contribution in [2.24, 2.45) is 5.92 Å². The van der Waals surface area contributed by atoms with Crippen LogP contribution in [0.5, 0.6) is 0 Å². The van der Waals surface area contributed by atoms with Crippen LogP contribution in [0.4, 0.5) is 5.13 Å². The van der Waals surface area contributed by atoms with Crippen LogP contribution in [0.2, 0.25) is 0 Å². The maximum Gasteiger partial charge on any atom is 0.270 e. The summed E-state index contributed by atoms with van der Waals surface area (Å²) < 4.78 is 27.6. The molecule has 2 N–H and O–H groups in total. The van der Waals surface area contributed by atoms with Crippen molar-refractivity contribution in [3.63, 3.8) is 0 Å². The van der Waals surface area contributed by atoms with Gasteiger partial charge in [-0.05, 0) is 18.9 Å². The summed E-state index contributed by atoms with van der Waals surface area (Å²) in [5, 5.41) is 10.2. The van der Waals surface area contributed by atoms with Gasteiger partial charge < -0.3 is 5.32 Å². The van der Waals surface area contributed by atoms with Crippen molar-refractivity contribution in [2.75, 3.05) is 5.32 Å². The molecule has 1 heterocycles. The summed E-state index contributed by atoms with van der Waals surface area (Å²) in [6.07, 6.45) is 0.595. The summed E-state index contributed by atoms with van der Waals surface area (Å²) in [5.74, 6) is -0.466. The van der Waals surface area contributed by atoms with Crippen LogP contribution in [0, 0.1) is 12.8 Å². The fourth-order valence-corrected chi connectivity index (χ4v) is 4.27. The standard InChI is InChI=1S/C16H22N4O3S2/c1-5-13(12-8-6-11(4)7-9-12)20-25(22,23)16-19-18-15(24-16)17-14(21)10(2)3/h6-10,13,20H,5H2,1-4H3,(H,17,18,21)/t13-/m0/s1. The average Bonchev–Trinajstić information content (AvgIpc) is 3.03. The maximum atomic E-state index is 12.6. The minimum absolute atomic E-state index is 0.169. The van der Waals surface area contributed by atoms with Crippen molar-refractivity contribution >= 4 is 32.4 Å². The zero-order valence-corrected chi connectivity index (χ0v) is 16.2. The first kappa shape index (κ1) is 19.5. The summed E-state index contributed by atoms with van der Waals surface area (Å²) in [6.45, 7) is 7.36. The molecule has 1 amide bonds. The predicted octanol–water partition coefficient (Wildman–Crippen LogP) is 2.87. The lowest BCUT2D eigenvalue weighted by Gasteiger charge is -2.16. The Balaban J connectivity index is 2.16. The van der Waals surface area contributed by atoms with Crippen LogP contribution >= 0.6 is 11.3 Å². The fraction of sp³-hybridized carbons (Fsp3) is 0.438. The van der Waals surface area contributed by atoms with E-state index in [1.165, 1.54) is 0 Å². The number of carbonyl (C=O) groups excluding carboxylic acids is 1. The molecule has 1 aromatic heterocycles. The lowest BCUT2D eigenvalue weighted by Crippen LogP contribution is -2.28. The average molecular weight is 383 g/mol. The number of hydrogen-bond acceptors (Lipinski definition) is 6. The number of aromatic nitrogens is 2. The largest absolute Gasteiger partial charge is 0.300 e. The van der Waals surface area contributed by atoms with Gasteiger partial charge in [-0.25, -0.2) is 13.1 Å². The van der Waals surface area contributed by atoms with E-state index in [2.05, 4.69) is 20.2 Å². The third-order valence-corrected chi connectivity index (χ3v) is 6.25. The summed E-state index contributed by atoms with van der Waals surface area (Å²) in [6, 6.07) is 7.33. The third kappa shape index (κ3) is 5.07. The van der Waals surface area contributed by atoms with Gasteiger partial charge in [-0.3, -0.25) is 4.79 Å². The number of nitrogens with zero attached hydrogens (tertiary/aromatic N) is 2. The van der Waals surface area contributed by atoms with E-state index >= 15 is 0 Å². The number of rotatable bonds is 7. The van der Waals surface area contributed by atoms with Crippen LogP contribution in [0.25, 0.3) is 0 Å². The molecule has 0 spiro atoms. The van der Waals surface area contributed by atoms with Gasteiger partial charge in [-0.1, -0.05) is 61.9 Å². The van der Waals surface area contributed by atoms with Gasteiger partial charge in [0.2, 0.25) is 15.4 Å². The summed E-state index contributed by atoms with van der Waals surface area (Å²) >= 11 is 0.831. The van der Waals surface area contributed by atoms with Gasteiger partial charge in [0.05, 0.1) is 0 Å². The first-order chi connectivity index (χ1) is 11.7. The Bertz CT molecular complexity index is 829. The number of nitrogens with one attached hydrogen (secondary N) is 2. The molecule has 0 radical (unpaired) electrons. The molecule has 7 nitrogen and oxygen atoms in total. The number of sulfonamides is 1. The second-order valence-corrected chi connectivity index (χ2v) is 8.88. The van der Waals surface area contributed by atoms with Crippen LogP contribution in [0.15, 0.2) is 28.6 Å². The van der Waals surface area contributed by atoms with Gasteiger partial charge in [0, 0.05) is 12.0 Å². The van der Waals surface area contributed by atoms with Crippen LogP contribution in [0.1, 0.15) is 44.4 Å². The van der Waals surface area contributed by atoms with Crippen LogP contribution < -0.4 is 10.0 Å². The molecule has 0 fully saturated rings. The highest BCUT2D eigenvalue weighted by Crippen LogP contribution is 2.24. The molecule has 25 heavy (non-hydrogen) atoms. The van der Waals surface area contributed by atoms with Crippen molar-refractivity contribution in [2.45, 2.75) is 44.5 Å². The number of amides is 1. The number of anilines is 1. The Kier molecular flexibility index (Phi) is 6.26. The second-order valence-electron chi connectivity index (χ2n) is 6.01. The van der Waals surface area contributed by atoms with Gasteiger partial charge in [0.15, 0.2) is 0 Å². The maximum absolute atomic E-state index is 12.6. The van der Waals surface area contributed by atoms with Gasteiger partial charge in [0.1, 0.15) is 0 Å². The van der Waals surface area contributed by atoms with Crippen molar-refractivity contribution < 1.29 is 13.2 Å². The molecule has 1 aromatic carbocycles. The molecular formula is C16H22N4O3S2. The van der Waals surface area contributed by atoms with Gasteiger partial charge in [-0.2, -0.15) is 0 Å². The van der Waals surface area contributed by atoms with Gasteiger partial charge in [-0.15, -0.1) is 10.2 Å². The molecule has 0 aliphatic carbocycles. The monoisotopic (exact) mass is 382 g/mol. The molecule has 1 atom stereocenters. The first-order valence-electron chi connectivity index (χ1n) is 7.96. The van der Waals surface area contributed by atoms with E-state index in [-0.39, 0.29) is 27.3 Å². The van der Waals surface area contributed by atoms with Crippen LogP contribution in [-0.2, 0) is 14.8 Å². The van der Waals surface area contributed by atoms with E-state index in [1.807, 2.05) is 38.1 Å². The highest BCUT2D eigenvalue weighted by atomic mass is 32.2. The van der Waals surface area contributed by atoms with E-state index in [1.54, 1.807) is 13.8 Å². The van der Waals surface area contributed by atoms with E-state index < -0.39 is 10.0 Å². The predicted molar refractivity (Wildman–Crippen MR) is 97.9 cm³/mol. The molecule has 0 unspecified atom stereocenters.